The largest absolute Gasteiger partial charge is 0.437 e. The van der Waals surface area contributed by atoms with Gasteiger partial charge < -0.3 is 9.09 Å². The highest BCUT2D eigenvalue weighted by Crippen LogP contribution is 2.51. The van der Waals surface area contributed by atoms with Gasteiger partial charge in [0.15, 0.2) is 0 Å². The summed E-state index contributed by atoms with van der Waals surface area (Å²) in [6.45, 7) is 0. The Morgan fingerprint density at radius 3 is 1.25 bits per heavy atom. The minimum absolute atomic E-state index is 0.251. The number of para-hydroxylation sites is 1. The van der Waals surface area contributed by atoms with Crippen LogP contribution in [-0.4, -0.2) is 0 Å². The Kier molecular flexibility index (Phi) is 7.05. The first-order valence-electron chi connectivity index (χ1n) is 11.8. The average molecular weight is 508 g/mol. The zero-order valence-electron chi connectivity index (χ0n) is 19.7. The van der Waals surface area contributed by atoms with E-state index in [4.69, 9.17) is 4.52 Å². The van der Waals surface area contributed by atoms with Gasteiger partial charge in [0.25, 0.3) is 0 Å². The molecule has 0 radical (unpaired) electrons. The lowest BCUT2D eigenvalue weighted by Gasteiger charge is -2.24. The topological polar surface area (TPSA) is 43.4 Å². The van der Waals surface area contributed by atoms with Crippen molar-refractivity contribution in [1.29, 1.82) is 0 Å². The third kappa shape index (κ3) is 4.86. The zero-order chi connectivity index (χ0) is 24.8. The van der Waals surface area contributed by atoms with E-state index in [0.29, 0.717) is 16.4 Å². The Bertz CT molecular complexity index is 1320. The van der Waals surface area contributed by atoms with Gasteiger partial charge >= 0.3 is 7.37 Å². The van der Waals surface area contributed by atoms with Crippen molar-refractivity contribution in [3.8, 4) is 5.75 Å². The summed E-state index contributed by atoms with van der Waals surface area (Å²) in [4.78, 5) is 0. The first kappa shape index (κ1) is 24.1. The molecule has 0 saturated heterocycles. The first-order valence-corrected chi connectivity index (χ1v) is 15.3. The molecule has 0 aliphatic carbocycles. The van der Waals surface area contributed by atoms with Crippen molar-refractivity contribution in [3.05, 3.63) is 151 Å². The lowest BCUT2D eigenvalue weighted by Crippen LogP contribution is -2.21. The molecule has 0 fully saturated rings. The van der Waals surface area contributed by atoms with Crippen LogP contribution in [0.3, 0.4) is 0 Å². The maximum Gasteiger partial charge on any atom is 0.306 e. The highest BCUT2D eigenvalue weighted by atomic mass is 31.2. The van der Waals surface area contributed by atoms with Gasteiger partial charge in [0.05, 0.1) is 10.6 Å². The molecule has 0 saturated carbocycles. The lowest BCUT2D eigenvalue weighted by molar-refractivity contribution is 0.500. The van der Waals surface area contributed by atoms with E-state index >= 15 is 0 Å². The molecule has 5 aromatic carbocycles. The summed E-state index contributed by atoms with van der Waals surface area (Å²) in [5.41, 5.74) is 0.751. The second kappa shape index (κ2) is 10.5. The quantitative estimate of drug-likeness (QED) is 0.225. The van der Waals surface area contributed by atoms with Crippen molar-refractivity contribution in [1.82, 2.24) is 0 Å². The normalized spacial score (nSPS) is 11.7. The Labute approximate surface area is 212 Å². The predicted molar refractivity (Wildman–Crippen MR) is 150 cm³/mol. The molecule has 0 aliphatic rings. The smallest absolute Gasteiger partial charge is 0.306 e. The van der Waals surface area contributed by atoms with Gasteiger partial charge in [-0.15, -0.1) is 0 Å². The zero-order valence-corrected chi connectivity index (χ0v) is 21.5. The molecule has 5 heteroatoms. The predicted octanol–water partition coefficient (Wildman–Crippen LogP) is 6.51. The molecule has 0 spiro atoms. The second-order valence-electron chi connectivity index (χ2n) is 8.49. The molecular formula is C31H26O3P2. The number of benzene rings is 5. The summed E-state index contributed by atoms with van der Waals surface area (Å²) < 4.78 is 35.7. The number of rotatable bonds is 8. The summed E-state index contributed by atoms with van der Waals surface area (Å²) in [5.74, 6) is 0.473. The second-order valence-corrected chi connectivity index (χ2v) is 13.6. The van der Waals surface area contributed by atoms with Crippen LogP contribution >= 0.6 is 14.5 Å². The van der Waals surface area contributed by atoms with Crippen LogP contribution in [0.15, 0.2) is 146 Å². The third-order valence-corrected chi connectivity index (χ3v) is 11.6. The van der Waals surface area contributed by atoms with E-state index < -0.39 is 14.5 Å². The van der Waals surface area contributed by atoms with E-state index in [9.17, 15) is 9.13 Å². The molecular weight excluding hydrogens is 482 g/mol. The van der Waals surface area contributed by atoms with E-state index in [1.807, 2.05) is 146 Å². The van der Waals surface area contributed by atoms with Crippen molar-refractivity contribution < 1.29 is 13.7 Å². The summed E-state index contributed by atoms with van der Waals surface area (Å²) in [5, 5.41) is 2.78. The fourth-order valence-corrected chi connectivity index (χ4v) is 9.08. The van der Waals surface area contributed by atoms with Gasteiger partial charge in [0, 0.05) is 22.3 Å². The van der Waals surface area contributed by atoms with Crippen LogP contribution in [0.5, 0.6) is 5.75 Å². The average Bonchev–Trinajstić information content (AvgIpc) is 2.96. The number of hydrogen-bond donors (Lipinski definition) is 0. The van der Waals surface area contributed by atoms with Gasteiger partial charge in [-0.25, -0.2) is 0 Å². The summed E-state index contributed by atoms with van der Waals surface area (Å²) >= 11 is 0. The minimum atomic E-state index is -3.47. The van der Waals surface area contributed by atoms with Gasteiger partial charge in [-0.2, -0.15) is 0 Å². The molecule has 178 valence electrons. The van der Waals surface area contributed by atoms with E-state index in [-0.39, 0.29) is 6.16 Å². The van der Waals surface area contributed by atoms with E-state index in [1.165, 1.54) is 0 Å². The Balaban J connectivity index is 1.61. The molecule has 0 aromatic heterocycles. The molecule has 3 nitrogen and oxygen atoms in total. The van der Waals surface area contributed by atoms with E-state index in [2.05, 4.69) is 0 Å². The van der Waals surface area contributed by atoms with Crippen LogP contribution in [0, 0.1) is 0 Å². The molecule has 0 heterocycles. The molecule has 36 heavy (non-hydrogen) atoms. The van der Waals surface area contributed by atoms with E-state index in [1.54, 1.807) is 0 Å². The maximum absolute atomic E-state index is 14.7. The van der Waals surface area contributed by atoms with Gasteiger partial charge in [-0.05, 0) is 30.3 Å². The van der Waals surface area contributed by atoms with Gasteiger partial charge in [-0.1, -0.05) is 115 Å². The lowest BCUT2D eigenvalue weighted by atomic mass is 10.2. The molecule has 0 bridgehead atoms. The summed E-state index contributed by atoms with van der Waals surface area (Å²) in [6.07, 6.45) is 0.251. The third-order valence-electron chi connectivity index (χ3n) is 6.13. The minimum Gasteiger partial charge on any atom is -0.437 e. The SMILES string of the molecule is O=P(Cc1ccccc1OP(=O)(c1ccccc1)c1ccccc1)(c1ccccc1)c1ccccc1. The van der Waals surface area contributed by atoms with Crippen LogP contribution in [0.1, 0.15) is 5.56 Å². The van der Waals surface area contributed by atoms with Crippen molar-refractivity contribution in [2.75, 3.05) is 0 Å². The molecule has 0 unspecified atom stereocenters. The van der Waals surface area contributed by atoms with Gasteiger partial charge in [-0.3, -0.25) is 4.57 Å². The first-order chi connectivity index (χ1) is 17.6. The van der Waals surface area contributed by atoms with E-state index in [0.717, 1.165) is 16.2 Å². The Hall–Kier alpha value is -3.64. The van der Waals surface area contributed by atoms with Crippen molar-refractivity contribution in [3.63, 3.8) is 0 Å². The van der Waals surface area contributed by atoms with Gasteiger partial charge in [0.2, 0.25) is 0 Å². The molecule has 0 atom stereocenters. The van der Waals surface area contributed by atoms with Gasteiger partial charge in [0.1, 0.15) is 12.9 Å². The van der Waals surface area contributed by atoms with Crippen molar-refractivity contribution in [2.45, 2.75) is 6.16 Å². The standard InChI is InChI=1S/C31H26O3P2/c32-35(27-16-5-1-6-17-27,28-18-7-2-8-19-28)25-26-15-13-14-24-31(26)34-36(33,29-20-9-3-10-21-29)30-22-11-4-12-23-30/h1-24H,25H2. The van der Waals surface area contributed by atoms with Crippen LogP contribution in [0.2, 0.25) is 0 Å². The fraction of sp³-hybridized carbons (Fsp3) is 0.0323. The molecule has 5 rings (SSSR count). The van der Waals surface area contributed by atoms with Crippen LogP contribution < -0.4 is 25.7 Å². The van der Waals surface area contributed by atoms with Crippen LogP contribution in [0.25, 0.3) is 0 Å². The Morgan fingerprint density at radius 1 is 0.444 bits per heavy atom. The molecule has 5 aromatic rings. The summed E-state index contributed by atoms with van der Waals surface area (Å²) in [7, 11) is -6.52. The number of hydrogen-bond acceptors (Lipinski definition) is 3. The molecule has 0 N–H and O–H groups in total. The van der Waals surface area contributed by atoms with Crippen molar-refractivity contribution >= 4 is 35.7 Å². The fourth-order valence-electron chi connectivity index (χ4n) is 4.27. The Morgan fingerprint density at radius 2 is 0.806 bits per heavy atom. The van der Waals surface area contributed by atoms with Crippen molar-refractivity contribution in [2.24, 2.45) is 0 Å². The highest BCUT2D eigenvalue weighted by molar-refractivity contribution is 7.78. The van der Waals surface area contributed by atoms with Crippen LogP contribution in [0.4, 0.5) is 0 Å². The maximum atomic E-state index is 14.7. The summed E-state index contributed by atoms with van der Waals surface area (Å²) in [6, 6.07) is 45.2. The molecule has 0 amide bonds. The van der Waals surface area contributed by atoms with Crippen LogP contribution in [-0.2, 0) is 15.3 Å². The monoisotopic (exact) mass is 508 g/mol. The molecule has 0 aliphatic heterocycles. The highest BCUT2D eigenvalue weighted by Gasteiger charge is 2.33.